The number of ether oxygens (including phenoxy) is 3. The number of nitrogens with one attached hydrogen (secondary N) is 2. The molecule has 0 unspecified atom stereocenters. The Hall–Kier alpha value is -3.69. The molecule has 1 aliphatic heterocycles. The lowest BCUT2D eigenvalue weighted by molar-refractivity contribution is -0.274. The quantitative estimate of drug-likeness (QED) is 0.659. The number of nitrogens with zero attached hydrogens (tertiary/aromatic N) is 1. The van der Waals surface area contributed by atoms with Gasteiger partial charge in [0.25, 0.3) is 5.91 Å². The van der Waals surface area contributed by atoms with E-state index in [1.54, 1.807) is 18.2 Å². The predicted octanol–water partition coefficient (Wildman–Crippen LogP) is 3.68. The second-order valence-electron chi connectivity index (χ2n) is 6.39. The van der Waals surface area contributed by atoms with Crippen molar-refractivity contribution in [2.24, 2.45) is 0 Å². The van der Waals surface area contributed by atoms with Gasteiger partial charge in [0, 0.05) is 12.1 Å². The molecular formula is C20H16F3N3O4. The summed E-state index contributed by atoms with van der Waals surface area (Å²) in [5.41, 5.74) is 2.15. The summed E-state index contributed by atoms with van der Waals surface area (Å²) in [5, 5.41) is 9.48. The zero-order valence-electron chi connectivity index (χ0n) is 15.5. The van der Waals surface area contributed by atoms with Gasteiger partial charge in [-0.1, -0.05) is 12.1 Å². The highest BCUT2D eigenvalue weighted by Crippen LogP contribution is 2.34. The van der Waals surface area contributed by atoms with Crippen molar-refractivity contribution < 1.29 is 32.2 Å². The Morgan fingerprint density at radius 2 is 1.83 bits per heavy atom. The van der Waals surface area contributed by atoms with Gasteiger partial charge in [0.05, 0.1) is 17.5 Å². The second kappa shape index (κ2) is 7.97. The Morgan fingerprint density at radius 3 is 2.57 bits per heavy atom. The van der Waals surface area contributed by atoms with Crippen LogP contribution in [-0.4, -0.2) is 35.7 Å². The van der Waals surface area contributed by atoms with E-state index in [2.05, 4.69) is 20.3 Å². The van der Waals surface area contributed by atoms with Crippen LogP contribution < -0.4 is 19.5 Å². The Labute approximate surface area is 168 Å². The minimum absolute atomic E-state index is 0.122. The van der Waals surface area contributed by atoms with E-state index < -0.39 is 6.36 Å². The lowest BCUT2D eigenvalue weighted by Crippen LogP contribution is -2.23. The molecule has 7 nitrogen and oxygen atoms in total. The van der Waals surface area contributed by atoms with Crippen molar-refractivity contribution in [3.05, 3.63) is 59.8 Å². The molecule has 0 radical (unpaired) electrons. The third-order valence-electron chi connectivity index (χ3n) is 4.32. The molecule has 0 fully saturated rings. The van der Waals surface area contributed by atoms with Crippen LogP contribution in [0.2, 0.25) is 0 Å². The summed E-state index contributed by atoms with van der Waals surface area (Å²) in [7, 11) is 0. The van der Waals surface area contributed by atoms with Crippen molar-refractivity contribution in [2.45, 2.75) is 12.9 Å². The summed E-state index contributed by atoms with van der Waals surface area (Å²) in [6.07, 6.45) is -3.34. The third kappa shape index (κ3) is 4.48. The lowest BCUT2D eigenvalue weighted by atomic mass is 10.1. The summed E-state index contributed by atoms with van der Waals surface area (Å²) in [6.45, 7) is 1.05. The molecule has 0 atom stereocenters. The lowest BCUT2D eigenvalue weighted by Gasteiger charge is -2.18. The van der Waals surface area contributed by atoms with Gasteiger partial charge < -0.3 is 19.5 Å². The average Bonchev–Trinajstić information content (AvgIpc) is 3.21. The van der Waals surface area contributed by atoms with E-state index >= 15 is 0 Å². The van der Waals surface area contributed by atoms with Crippen molar-refractivity contribution >= 4 is 5.91 Å². The van der Waals surface area contributed by atoms with Crippen LogP contribution in [0, 0.1) is 0 Å². The van der Waals surface area contributed by atoms with E-state index in [1.807, 2.05) is 0 Å². The van der Waals surface area contributed by atoms with Crippen molar-refractivity contribution in [1.29, 1.82) is 0 Å². The molecule has 4 rings (SSSR count). The molecule has 1 amide bonds. The number of H-pyrrole nitrogens is 1. The standard InChI is InChI=1S/C20H16F3N3O4/c21-20(22,23)30-14-4-1-12(2-5-14)10-24-19(27)15-11-25-26-18(15)13-3-6-16-17(9-13)29-8-7-28-16/h1-6,9,11H,7-8,10H2,(H,24,27)(H,25,26). The molecule has 10 heteroatoms. The molecule has 0 spiro atoms. The van der Waals surface area contributed by atoms with Crippen molar-refractivity contribution in [3.63, 3.8) is 0 Å². The molecule has 156 valence electrons. The molecule has 2 aromatic carbocycles. The van der Waals surface area contributed by atoms with Gasteiger partial charge in [0.1, 0.15) is 19.0 Å². The molecule has 0 saturated heterocycles. The zero-order chi connectivity index (χ0) is 21.1. The van der Waals surface area contributed by atoms with E-state index in [0.717, 1.165) is 0 Å². The summed E-state index contributed by atoms with van der Waals surface area (Å²) in [6, 6.07) is 10.6. The van der Waals surface area contributed by atoms with Crippen LogP contribution in [0.5, 0.6) is 17.2 Å². The van der Waals surface area contributed by atoms with E-state index in [4.69, 9.17) is 9.47 Å². The number of carbonyl (C=O) groups is 1. The summed E-state index contributed by atoms with van der Waals surface area (Å²) in [4.78, 5) is 12.6. The summed E-state index contributed by atoms with van der Waals surface area (Å²) < 4.78 is 51.6. The van der Waals surface area contributed by atoms with E-state index in [9.17, 15) is 18.0 Å². The van der Waals surface area contributed by atoms with Crippen LogP contribution >= 0.6 is 0 Å². The van der Waals surface area contributed by atoms with Gasteiger partial charge in [-0.05, 0) is 35.9 Å². The summed E-state index contributed by atoms with van der Waals surface area (Å²) >= 11 is 0. The van der Waals surface area contributed by atoms with Crippen LogP contribution in [0.3, 0.4) is 0 Å². The van der Waals surface area contributed by atoms with Crippen LogP contribution in [0.25, 0.3) is 11.3 Å². The number of carbonyl (C=O) groups excluding carboxylic acids is 1. The molecule has 1 aliphatic rings. The first-order chi connectivity index (χ1) is 14.4. The molecule has 30 heavy (non-hydrogen) atoms. The predicted molar refractivity (Wildman–Crippen MR) is 99.3 cm³/mol. The fourth-order valence-electron chi connectivity index (χ4n) is 2.96. The van der Waals surface area contributed by atoms with Crippen LogP contribution in [0.1, 0.15) is 15.9 Å². The van der Waals surface area contributed by atoms with Gasteiger partial charge in [0.15, 0.2) is 11.5 Å². The summed E-state index contributed by atoms with van der Waals surface area (Å²) in [5.74, 6) is 0.506. The van der Waals surface area contributed by atoms with E-state index in [0.29, 0.717) is 47.1 Å². The largest absolute Gasteiger partial charge is 0.573 e. The number of hydrogen-bond acceptors (Lipinski definition) is 5. The number of amides is 1. The first-order valence-electron chi connectivity index (χ1n) is 8.95. The number of halogens is 3. The van der Waals surface area contributed by atoms with Crippen molar-refractivity contribution in [2.75, 3.05) is 13.2 Å². The highest BCUT2D eigenvalue weighted by molar-refractivity contribution is 5.99. The average molecular weight is 419 g/mol. The first kappa shape index (κ1) is 19.6. The monoisotopic (exact) mass is 419 g/mol. The van der Waals surface area contributed by atoms with E-state index in [1.165, 1.54) is 30.5 Å². The Morgan fingerprint density at radius 1 is 1.10 bits per heavy atom. The number of benzene rings is 2. The Bertz CT molecular complexity index is 1050. The van der Waals surface area contributed by atoms with Gasteiger partial charge in [-0.2, -0.15) is 5.10 Å². The maximum Gasteiger partial charge on any atom is 0.573 e. The van der Waals surface area contributed by atoms with Crippen LogP contribution in [-0.2, 0) is 6.54 Å². The van der Waals surface area contributed by atoms with Crippen LogP contribution in [0.15, 0.2) is 48.7 Å². The molecule has 3 aromatic rings. The Kier molecular flexibility index (Phi) is 5.21. The molecule has 2 N–H and O–H groups in total. The first-order valence-corrected chi connectivity index (χ1v) is 8.95. The van der Waals surface area contributed by atoms with Crippen LogP contribution in [0.4, 0.5) is 13.2 Å². The molecule has 0 aliphatic carbocycles. The zero-order valence-corrected chi connectivity index (χ0v) is 15.5. The van der Waals surface area contributed by atoms with E-state index in [-0.39, 0.29) is 18.2 Å². The minimum atomic E-state index is -4.75. The van der Waals surface area contributed by atoms with Gasteiger partial charge in [0.2, 0.25) is 0 Å². The Balaban J connectivity index is 1.43. The maximum absolute atomic E-state index is 12.6. The number of aromatic nitrogens is 2. The third-order valence-corrected chi connectivity index (χ3v) is 4.32. The minimum Gasteiger partial charge on any atom is -0.486 e. The number of rotatable bonds is 5. The number of aromatic amines is 1. The highest BCUT2D eigenvalue weighted by Gasteiger charge is 2.31. The molecule has 0 bridgehead atoms. The van der Waals surface area contributed by atoms with Crippen molar-refractivity contribution in [1.82, 2.24) is 15.5 Å². The molecular weight excluding hydrogens is 403 g/mol. The normalized spacial score (nSPS) is 13.0. The molecule has 1 aromatic heterocycles. The molecule has 2 heterocycles. The maximum atomic E-state index is 12.6. The van der Waals surface area contributed by atoms with Gasteiger partial charge >= 0.3 is 6.36 Å². The number of hydrogen-bond donors (Lipinski definition) is 2. The second-order valence-corrected chi connectivity index (χ2v) is 6.39. The smallest absolute Gasteiger partial charge is 0.486 e. The van der Waals surface area contributed by atoms with Gasteiger partial charge in [-0.3, -0.25) is 9.89 Å². The SMILES string of the molecule is O=C(NCc1ccc(OC(F)(F)F)cc1)c1cn[nH]c1-c1ccc2c(c1)OCCO2. The van der Waals surface area contributed by atoms with Crippen molar-refractivity contribution in [3.8, 4) is 28.5 Å². The fraction of sp³-hybridized carbons (Fsp3) is 0.200. The fourth-order valence-corrected chi connectivity index (χ4v) is 2.96. The van der Waals surface area contributed by atoms with Gasteiger partial charge in [-0.25, -0.2) is 0 Å². The molecule has 0 saturated carbocycles. The number of alkyl halides is 3. The highest BCUT2D eigenvalue weighted by atomic mass is 19.4. The topological polar surface area (TPSA) is 85.5 Å². The number of fused-ring (bicyclic) bond motifs is 1. The van der Waals surface area contributed by atoms with Gasteiger partial charge in [-0.15, -0.1) is 13.2 Å².